The molecule has 0 aromatic heterocycles. The minimum Gasteiger partial charge on any atom is -0.486 e. The summed E-state index contributed by atoms with van der Waals surface area (Å²) in [4.78, 5) is 12.2. The molecule has 1 fully saturated rings. The van der Waals surface area contributed by atoms with Crippen molar-refractivity contribution in [3.05, 3.63) is 23.3 Å². The number of benzene rings is 1. The Morgan fingerprint density at radius 2 is 1.82 bits per heavy atom. The second-order valence-corrected chi connectivity index (χ2v) is 6.30. The lowest BCUT2D eigenvalue weighted by Crippen LogP contribution is -2.33. The second-order valence-electron chi connectivity index (χ2n) is 6.30. The second kappa shape index (κ2) is 7.03. The molecule has 0 saturated heterocycles. The highest BCUT2D eigenvalue weighted by Crippen LogP contribution is 2.33. The van der Waals surface area contributed by atoms with Crippen molar-refractivity contribution in [1.29, 1.82) is 0 Å². The SMILES string of the molecule is Cc1cc2c(cc1CCNC(=O)C1CCCCC1)OCCO2. The third-order valence-corrected chi connectivity index (χ3v) is 4.67. The normalized spacial score (nSPS) is 18.0. The highest BCUT2D eigenvalue weighted by atomic mass is 16.6. The van der Waals surface area contributed by atoms with Gasteiger partial charge in [0.05, 0.1) is 0 Å². The summed E-state index contributed by atoms with van der Waals surface area (Å²) in [6.45, 7) is 3.99. The van der Waals surface area contributed by atoms with E-state index in [2.05, 4.69) is 18.3 Å². The van der Waals surface area contributed by atoms with Crippen molar-refractivity contribution >= 4 is 5.91 Å². The summed E-state index contributed by atoms with van der Waals surface area (Å²) in [7, 11) is 0. The van der Waals surface area contributed by atoms with E-state index in [1.54, 1.807) is 0 Å². The third kappa shape index (κ3) is 3.54. The maximum atomic E-state index is 12.2. The van der Waals surface area contributed by atoms with E-state index in [4.69, 9.17) is 9.47 Å². The van der Waals surface area contributed by atoms with Gasteiger partial charge in [-0.3, -0.25) is 4.79 Å². The van der Waals surface area contributed by atoms with Crippen molar-refractivity contribution in [2.75, 3.05) is 19.8 Å². The van der Waals surface area contributed by atoms with Gasteiger partial charge in [-0.2, -0.15) is 0 Å². The Labute approximate surface area is 132 Å². The van der Waals surface area contributed by atoms with Crippen LogP contribution in [0.2, 0.25) is 0 Å². The van der Waals surface area contributed by atoms with E-state index >= 15 is 0 Å². The first-order valence-electron chi connectivity index (χ1n) is 8.41. The van der Waals surface area contributed by atoms with Gasteiger partial charge >= 0.3 is 0 Å². The van der Waals surface area contributed by atoms with E-state index in [0.717, 1.165) is 30.8 Å². The fourth-order valence-corrected chi connectivity index (χ4v) is 3.33. The molecular formula is C18H25NO3. The Bertz CT molecular complexity index is 535. The monoisotopic (exact) mass is 303 g/mol. The summed E-state index contributed by atoms with van der Waals surface area (Å²) in [6, 6.07) is 4.09. The number of aryl methyl sites for hydroxylation is 1. The van der Waals surface area contributed by atoms with Crippen LogP contribution in [-0.2, 0) is 11.2 Å². The predicted molar refractivity (Wildman–Crippen MR) is 85.5 cm³/mol. The number of rotatable bonds is 4. The highest BCUT2D eigenvalue weighted by Gasteiger charge is 2.20. The minimum absolute atomic E-state index is 0.231. The lowest BCUT2D eigenvalue weighted by Gasteiger charge is -2.22. The number of fused-ring (bicyclic) bond motifs is 1. The fourth-order valence-electron chi connectivity index (χ4n) is 3.33. The van der Waals surface area contributed by atoms with Crippen LogP contribution < -0.4 is 14.8 Å². The third-order valence-electron chi connectivity index (χ3n) is 4.67. The van der Waals surface area contributed by atoms with Crippen LogP contribution in [0.1, 0.15) is 43.2 Å². The van der Waals surface area contributed by atoms with Crippen LogP contribution in [0.4, 0.5) is 0 Å². The van der Waals surface area contributed by atoms with Gasteiger partial charge in [0.1, 0.15) is 13.2 Å². The molecule has 3 rings (SSSR count). The summed E-state index contributed by atoms with van der Waals surface area (Å²) >= 11 is 0. The number of carbonyl (C=O) groups is 1. The van der Waals surface area contributed by atoms with Crippen molar-refractivity contribution in [3.8, 4) is 11.5 Å². The molecule has 0 atom stereocenters. The summed E-state index contributed by atoms with van der Waals surface area (Å²) < 4.78 is 11.2. The lowest BCUT2D eigenvalue weighted by atomic mass is 9.88. The van der Waals surface area contributed by atoms with E-state index in [1.807, 2.05) is 6.07 Å². The molecule has 1 heterocycles. The zero-order valence-corrected chi connectivity index (χ0v) is 13.3. The standard InChI is InChI=1S/C18H25NO3/c1-13-11-16-17(22-10-9-21-16)12-15(13)7-8-19-18(20)14-5-3-2-4-6-14/h11-12,14H,2-10H2,1H3,(H,19,20). The van der Waals surface area contributed by atoms with Crippen LogP contribution >= 0.6 is 0 Å². The van der Waals surface area contributed by atoms with Crippen molar-refractivity contribution in [2.45, 2.75) is 45.4 Å². The van der Waals surface area contributed by atoms with Crippen LogP contribution in [-0.4, -0.2) is 25.7 Å². The Morgan fingerprint density at radius 3 is 2.55 bits per heavy atom. The Morgan fingerprint density at radius 1 is 1.14 bits per heavy atom. The molecular weight excluding hydrogens is 278 g/mol. The zero-order chi connectivity index (χ0) is 15.4. The molecule has 0 spiro atoms. The van der Waals surface area contributed by atoms with Gasteiger partial charge in [-0.25, -0.2) is 0 Å². The summed E-state index contributed by atoms with van der Waals surface area (Å²) in [5.41, 5.74) is 2.41. The molecule has 1 N–H and O–H groups in total. The largest absolute Gasteiger partial charge is 0.486 e. The van der Waals surface area contributed by atoms with E-state index in [1.165, 1.54) is 30.4 Å². The average Bonchev–Trinajstić information content (AvgIpc) is 2.56. The first-order chi connectivity index (χ1) is 10.7. The number of nitrogens with one attached hydrogen (secondary N) is 1. The van der Waals surface area contributed by atoms with Crippen LogP contribution in [0, 0.1) is 12.8 Å². The Kier molecular flexibility index (Phi) is 4.86. The average molecular weight is 303 g/mol. The number of hydrogen-bond acceptors (Lipinski definition) is 3. The Hall–Kier alpha value is -1.71. The van der Waals surface area contributed by atoms with E-state index in [-0.39, 0.29) is 11.8 Å². The molecule has 0 bridgehead atoms. The van der Waals surface area contributed by atoms with Gasteiger partial charge in [0.25, 0.3) is 0 Å². The maximum Gasteiger partial charge on any atom is 0.223 e. The number of hydrogen-bond donors (Lipinski definition) is 1. The molecule has 0 radical (unpaired) electrons. The summed E-state index contributed by atoms with van der Waals surface area (Å²) in [6.07, 6.45) is 6.60. The summed E-state index contributed by atoms with van der Waals surface area (Å²) in [5, 5.41) is 3.10. The van der Waals surface area contributed by atoms with Crippen LogP contribution in [0.5, 0.6) is 11.5 Å². The highest BCUT2D eigenvalue weighted by molar-refractivity contribution is 5.78. The molecule has 1 saturated carbocycles. The number of amides is 1. The topological polar surface area (TPSA) is 47.6 Å². The number of ether oxygens (including phenoxy) is 2. The zero-order valence-electron chi connectivity index (χ0n) is 13.3. The first-order valence-corrected chi connectivity index (χ1v) is 8.41. The molecule has 4 nitrogen and oxygen atoms in total. The predicted octanol–water partition coefficient (Wildman–Crippen LogP) is 3.01. The maximum absolute atomic E-state index is 12.2. The molecule has 1 amide bonds. The Balaban J connectivity index is 1.54. The quantitative estimate of drug-likeness (QED) is 0.930. The molecule has 0 unspecified atom stereocenters. The van der Waals surface area contributed by atoms with Crippen LogP contribution in [0.3, 0.4) is 0 Å². The van der Waals surface area contributed by atoms with Gasteiger partial charge in [-0.05, 0) is 49.4 Å². The van der Waals surface area contributed by atoms with E-state index in [0.29, 0.717) is 19.8 Å². The van der Waals surface area contributed by atoms with Crippen molar-refractivity contribution in [3.63, 3.8) is 0 Å². The molecule has 2 aliphatic rings. The van der Waals surface area contributed by atoms with Crippen LogP contribution in [0.15, 0.2) is 12.1 Å². The van der Waals surface area contributed by atoms with E-state index in [9.17, 15) is 4.79 Å². The molecule has 4 heteroatoms. The minimum atomic E-state index is 0.231. The van der Waals surface area contributed by atoms with Gasteiger partial charge in [0.2, 0.25) is 5.91 Å². The van der Waals surface area contributed by atoms with Crippen molar-refractivity contribution in [1.82, 2.24) is 5.32 Å². The summed E-state index contributed by atoms with van der Waals surface area (Å²) in [5.74, 6) is 2.12. The van der Waals surface area contributed by atoms with Gasteiger partial charge in [0, 0.05) is 12.5 Å². The molecule has 1 aliphatic carbocycles. The molecule has 22 heavy (non-hydrogen) atoms. The lowest BCUT2D eigenvalue weighted by molar-refractivity contribution is -0.125. The molecule has 1 aromatic rings. The first kappa shape index (κ1) is 15.2. The van der Waals surface area contributed by atoms with Gasteiger partial charge in [-0.15, -0.1) is 0 Å². The van der Waals surface area contributed by atoms with Gasteiger partial charge in [-0.1, -0.05) is 19.3 Å². The van der Waals surface area contributed by atoms with Crippen molar-refractivity contribution < 1.29 is 14.3 Å². The van der Waals surface area contributed by atoms with Gasteiger partial charge < -0.3 is 14.8 Å². The van der Waals surface area contributed by atoms with Crippen LogP contribution in [0.25, 0.3) is 0 Å². The molecule has 120 valence electrons. The molecule has 1 aromatic carbocycles. The smallest absolute Gasteiger partial charge is 0.223 e. The van der Waals surface area contributed by atoms with Crippen molar-refractivity contribution in [2.24, 2.45) is 5.92 Å². The number of carbonyl (C=O) groups excluding carboxylic acids is 1. The van der Waals surface area contributed by atoms with Gasteiger partial charge in [0.15, 0.2) is 11.5 Å². The fraction of sp³-hybridized carbons (Fsp3) is 0.611. The van der Waals surface area contributed by atoms with E-state index < -0.39 is 0 Å². The molecule has 1 aliphatic heterocycles.